The standard InChI is InChI=1S/C27H32O12/c1-35-21(31)13-19(14-28)36-27-26(39-23(33)12-17-7-9-18(30)10-8-17)25(24(34)20(15-29)37-27)38-22(32)11-16-5-3-2-4-6-16/h2-10,19-20,24-30,34H,11-15H2,1H3/t19-,20+,24+,25-,26+,27+/m0/s1. The van der Waals surface area contributed by atoms with E-state index in [1.807, 2.05) is 0 Å². The quantitative estimate of drug-likeness (QED) is 0.207. The number of phenols is 1. The fraction of sp³-hybridized carbons (Fsp3) is 0.444. The van der Waals surface area contributed by atoms with Crippen LogP contribution in [0.1, 0.15) is 17.5 Å². The van der Waals surface area contributed by atoms with Crippen molar-refractivity contribution >= 4 is 17.9 Å². The third-order valence-electron chi connectivity index (χ3n) is 5.96. The Morgan fingerprint density at radius 1 is 0.872 bits per heavy atom. The third-order valence-corrected chi connectivity index (χ3v) is 5.96. The van der Waals surface area contributed by atoms with Crippen LogP contribution in [0, 0.1) is 0 Å². The Labute approximate surface area is 224 Å². The van der Waals surface area contributed by atoms with E-state index in [9.17, 15) is 34.8 Å². The number of phenolic OH excluding ortho intramolecular Hbond substituents is 1. The van der Waals surface area contributed by atoms with Crippen molar-refractivity contribution in [1.82, 2.24) is 0 Å². The minimum absolute atomic E-state index is 0.00507. The van der Waals surface area contributed by atoms with Crippen molar-refractivity contribution in [2.45, 2.75) is 56.1 Å². The van der Waals surface area contributed by atoms with E-state index in [1.165, 1.54) is 24.3 Å². The Kier molecular flexibility index (Phi) is 11.2. The predicted octanol–water partition coefficient (Wildman–Crippen LogP) is 0.0197. The van der Waals surface area contributed by atoms with Gasteiger partial charge in [-0.3, -0.25) is 14.4 Å². The highest BCUT2D eigenvalue weighted by Crippen LogP contribution is 2.29. The van der Waals surface area contributed by atoms with E-state index in [0.717, 1.165) is 7.11 Å². The van der Waals surface area contributed by atoms with E-state index in [0.29, 0.717) is 11.1 Å². The number of aliphatic hydroxyl groups is 3. The Morgan fingerprint density at radius 3 is 2.03 bits per heavy atom. The van der Waals surface area contributed by atoms with Crippen molar-refractivity contribution in [1.29, 1.82) is 0 Å². The first-order valence-electron chi connectivity index (χ1n) is 12.2. The first-order chi connectivity index (χ1) is 18.7. The van der Waals surface area contributed by atoms with Crippen molar-refractivity contribution in [3.63, 3.8) is 0 Å². The van der Waals surface area contributed by atoms with Crippen LogP contribution in [-0.2, 0) is 50.9 Å². The summed E-state index contributed by atoms with van der Waals surface area (Å²) < 4.78 is 27.0. The maximum absolute atomic E-state index is 12.9. The van der Waals surface area contributed by atoms with Gasteiger partial charge >= 0.3 is 17.9 Å². The molecule has 2 aromatic rings. The zero-order valence-electron chi connectivity index (χ0n) is 21.3. The molecule has 4 N–H and O–H groups in total. The van der Waals surface area contributed by atoms with Crippen molar-refractivity contribution < 1.29 is 58.5 Å². The molecule has 12 nitrogen and oxygen atoms in total. The topological polar surface area (TPSA) is 178 Å². The van der Waals surface area contributed by atoms with Crippen molar-refractivity contribution in [3.8, 4) is 5.75 Å². The summed E-state index contributed by atoms with van der Waals surface area (Å²) in [7, 11) is 1.15. The van der Waals surface area contributed by atoms with E-state index in [2.05, 4.69) is 4.74 Å². The molecule has 212 valence electrons. The van der Waals surface area contributed by atoms with Gasteiger partial charge in [-0.15, -0.1) is 0 Å². The lowest BCUT2D eigenvalue weighted by molar-refractivity contribution is -0.317. The van der Waals surface area contributed by atoms with E-state index in [-0.39, 0.29) is 25.0 Å². The van der Waals surface area contributed by atoms with Crippen LogP contribution in [0.25, 0.3) is 0 Å². The average molecular weight is 549 g/mol. The minimum Gasteiger partial charge on any atom is -0.508 e. The number of benzene rings is 2. The first kappa shape index (κ1) is 30.0. The van der Waals surface area contributed by atoms with Crippen LogP contribution in [0.5, 0.6) is 5.75 Å². The second-order valence-corrected chi connectivity index (χ2v) is 8.85. The molecule has 1 saturated heterocycles. The summed E-state index contributed by atoms with van der Waals surface area (Å²) in [6.45, 7) is -1.35. The molecule has 3 rings (SSSR count). The second-order valence-electron chi connectivity index (χ2n) is 8.85. The van der Waals surface area contributed by atoms with E-state index in [1.54, 1.807) is 30.3 Å². The molecule has 1 heterocycles. The van der Waals surface area contributed by atoms with Crippen LogP contribution in [-0.4, -0.2) is 95.5 Å². The van der Waals surface area contributed by atoms with Crippen molar-refractivity contribution in [3.05, 3.63) is 65.7 Å². The van der Waals surface area contributed by atoms with Crippen molar-refractivity contribution in [2.24, 2.45) is 0 Å². The molecule has 2 aromatic carbocycles. The molecule has 39 heavy (non-hydrogen) atoms. The van der Waals surface area contributed by atoms with E-state index in [4.69, 9.17) is 18.9 Å². The lowest BCUT2D eigenvalue weighted by Crippen LogP contribution is -2.62. The van der Waals surface area contributed by atoms with Crippen LogP contribution in [0.15, 0.2) is 54.6 Å². The fourth-order valence-electron chi connectivity index (χ4n) is 3.96. The summed E-state index contributed by atoms with van der Waals surface area (Å²) in [6, 6.07) is 14.5. The zero-order valence-corrected chi connectivity index (χ0v) is 21.3. The normalized spacial score (nSPS) is 23.4. The lowest BCUT2D eigenvalue weighted by atomic mass is 9.98. The minimum atomic E-state index is -1.62. The van der Waals surface area contributed by atoms with Crippen molar-refractivity contribution in [2.75, 3.05) is 20.3 Å². The molecule has 1 aliphatic heterocycles. The molecule has 0 spiro atoms. The molecular formula is C27H32O12. The molecule has 12 heteroatoms. The Bertz CT molecular complexity index is 1070. The van der Waals surface area contributed by atoms with Gasteiger partial charge in [0.25, 0.3) is 0 Å². The number of ether oxygens (including phenoxy) is 5. The third kappa shape index (κ3) is 8.73. The molecule has 0 aromatic heterocycles. The summed E-state index contributed by atoms with van der Waals surface area (Å²) in [5.74, 6) is -2.26. The number of carbonyl (C=O) groups is 3. The number of rotatable bonds is 12. The molecule has 1 aliphatic rings. The molecule has 0 saturated carbocycles. The van der Waals surface area contributed by atoms with Crippen LogP contribution in [0.3, 0.4) is 0 Å². The molecule has 0 aliphatic carbocycles. The van der Waals surface area contributed by atoms with Gasteiger partial charge < -0.3 is 44.1 Å². The van der Waals surface area contributed by atoms with Gasteiger partial charge in [-0.05, 0) is 23.3 Å². The highest BCUT2D eigenvalue weighted by atomic mass is 16.7. The SMILES string of the molecule is COC(=O)C[C@@H](CO)O[C@@H]1O[C@H](CO)[C@@H](O)[C@H](OC(=O)Cc2ccccc2)[C@H]1OC(=O)Cc1ccc(O)cc1. The molecule has 0 bridgehead atoms. The molecular weight excluding hydrogens is 516 g/mol. The number of hydrogen-bond acceptors (Lipinski definition) is 12. The summed E-state index contributed by atoms with van der Waals surface area (Å²) in [5, 5.41) is 39.9. The Hall–Kier alpha value is -3.55. The lowest BCUT2D eigenvalue weighted by Gasteiger charge is -2.43. The first-order valence-corrected chi connectivity index (χ1v) is 12.2. The summed E-state index contributed by atoms with van der Waals surface area (Å²) in [5.41, 5.74) is 1.13. The smallest absolute Gasteiger partial charge is 0.310 e. The molecule has 6 atom stereocenters. The molecule has 0 amide bonds. The zero-order chi connectivity index (χ0) is 28.4. The molecule has 0 radical (unpaired) electrons. The van der Waals surface area contributed by atoms with Crippen LogP contribution >= 0.6 is 0 Å². The average Bonchev–Trinajstić information content (AvgIpc) is 2.93. The fourth-order valence-corrected chi connectivity index (χ4v) is 3.96. The number of esters is 3. The highest BCUT2D eigenvalue weighted by Gasteiger charge is 2.51. The number of aromatic hydroxyl groups is 1. The Balaban J connectivity index is 1.85. The second kappa shape index (κ2) is 14.6. The number of aliphatic hydroxyl groups excluding tert-OH is 3. The van der Waals surface area contributed by atoms with Crippen LogP contribution in [0.4, 0.5) is 0 Å². The van der Waals surface area contributed by atoms with Gasteiger partial charge in [-0.25, -0.2) is 0 Å². The highest BCUT2D eigenvalue weighted by molar-refractivity contribution is 5.74. The molecule has 0 unspecified atom stereocenters. The van der Waals surface area contributed by atoms with Gasteiger partial charge in [0, 0.05) is 0 Å². The van der Waals surface area contributed by atoms with Gasteiger partial charge in [-0.1, -0.05) is 42.5 Å². The number of carbonyl (C=O) groups excluding carboxylic acids is 3. The number of methoxy groups -OCH3 is 1. The maximum atomic E-state index is 12.9. The van der Waals surface area contributed by atoms with Gasteiger partial charge in [0.1, 0.15) is 18.0 Å². The summed E-state index contributed by atoms with van der Waals surface area (Å²) in [6.07, 6.45) is -9.51. The van der Waals surface area contributed by atoms with Crippen LogP contribution < -0.4 is 0 Å². The monoisotopic (exact) mass is 548 g/mol. The van der Waals surface area contributed by atoms with Gasteiger partial charge in [0.05, 0.1) is 45.7 Å². The van der Waals surface area contributed by atoms with Gasteiger partial charge in [0.15, 0.2) is 18.5 Å². The summed E-state index contributed by atoms with van der Waals surface area (Å²) >= 11 is 0. The maximum Gasteiger partial charge on any atom is 0.310 e. The van der Waals surface area contributed by atoms with E-state index < -0.39 is 67.9 Å². The summed E-state index contributed by atoms with van der Waals surface area (Å²) in [4.78, 5) is 37.4. The van der Waals surface area contributed by atoms with E-state index >= 15 is 0 Å². The predicted molar refractivity (Wildman–Crippen MR) is 132 cm³/mol. The van der Waals surface area contributed by atoms with Gasteiger partial charge in [-0.2, -0.15) is 0 Å². The Morgan fingerprint density at radius 2 is 1.46 bits per heavy atom. The molecule has 1 fully saturated rings. The number of hydrogen-bond donors (Lipinski definition) is 4. The van der Waals surface area contributed by atoms with Crippen LogP contribution in [0.2, 0.25) is 0 Å². The van der Waals surface area contributed by atoms with Gasteiger partial charge in [0.2, 0.25) is 0 Å². The largest absolute Gasteiger partial charge is 0.508 e.